The van der Waals surface area contributed by atoms with Crippen molar-refractivity contribution in [1.29, 1.82) is 0 Å². The molecule has 0 spiro atoms. The van der Waals surface area contributed by atoms with E-state index in [0.717, 1.165) is 22.6 Å². The Balaban J connectivity index is 1.30. The first-order chi connectivity index (χ1) is 17.7. The molecule has 2 aromatic heterocycles. The van der Waals surface area contributed by atoms with E-state index in [2.05, 4.69) is 16.9 Å². The number of carbonyl (C=O) groups excluding carboxylic acids is 2. The molecule has 1 aliphatic carbocycles. The van der Waals surface area contributed by atoms with Crippen LogP contribution in [-0.2, 0) is 13.0 Å². The van der Waals surface area contributed by atoms with Crippen LogP contribution < -0.4 is 0 Å². The third-order valence-corrected chi connectivity index (χ3v) is 8.53. The minimum Gasteiger partial charge on any atom is -0.331 e. The minimum atomic E-state index is -0.230. The Bertz CT molecular complexity index is 1400. The third-order valence-electron chi connectivity index (χ3n) is 7.79. The SMILES string of the molecule is CC(c1cnc(C2CC2)cn1)N1C[C@@H](C)n2nc3c(c2C1=O)CN(C(=O)c1ccc(Cl)c(Cl)c1)[C@H](C)C3. The molecule has 0 bridgehead atoms. The van der Waals surface area contributed by atoms with Gasteiger partial charge in [0.05, 0.1) is 52.0 Å². The van der Waals surface area contributed by atoms with E-state index in [1.807, 2.05) is 29.6 Å². The van der Waals surface area contributed by atoms with Crippen LogP contribution in [0.3, 0.4) is 0 Å². The summed E-state index contributed by atoms with van der Waals surface area (Å²) >= 11 is 12.2. The highest BCUT2D eigenvalue weighted by Crippen LogP contribution is 2.39. The van der Waals surface area contributed by atoms with Crippen molar-refractivity contribution in [3.63, 3.8) is 0 Å². The highest BCUT2D eigenvalue weighted by molar-refractivity contribution is 6.42. The summed E-state index contributed by atoms with van der Waals surface area (Å²) in [6.07, 6.45) is 6.57. The van der Waals surface area contributed by atoms with Crippen LogP contribution in [0.5, 0.6) is 0 Å². The maximum atomic E-state index is 13.9. The van der Waals surface area contributed by atoms with E-state index < -0.39 is 0 Å². The number of fused-ring (bicyclic) bond motifs is 3. The van der Waals surface area contributed by atoms with Gasteiger partial charge >= 0.3 is 0 Å². The summed E-state index contributed by atoms with van der Waals surface area (Å²) in [5.74, 6) is 0.291. The van der Waals surface area contributed by atoms with E-state index in [1.54, 1.807) is 29.3 Å². The molecule has 4 heterocycles. The van der Waals surface area contributed by atoms with Gasteiger partial charge in [-0.15, -0.1) is 0 Å². The molecule has 3 atom stereocenters. The number of benzene rings is 1. The van der Waals surface area contributed by atoms with Crippen molar-refractivity contribution in [2.24, 2.45) is 0 Å². The molecule has 1 aromatic carbocycles. The first-order valence-corrected chi connectivity index (χ1v) is 13.5. The molecular formula is C27H28Cl2N6O2. The van der Waals surface area contributed by atoms with Gasteiger partial charge in [-0.25, -0.2) is 0 Å². The first kappa shape index (κ1) is 24.4. The molecular weight excluding hydrogens is 511 g/mol. The van der Waals surface area contributed by atoms with Crippen molar-refractivity contribution >= 4 is 35.0 Å². The lowest BCUT2D eigenvalue weighted by Gasteiger charge is -2.37. The van der Waals surface area contributed by atoms with Gasteiger partial charge in [0.2, 0.25) is 0 Å². The molecule has 2 aliphatic heterocycles. The minimum absolute atomic E-state index is 0.00558. The van der Waals surface area contributed by atoms with Crippen LogP contribution in [0.25, 0.3) is 0 Å². The van der Waals surface area contributed by atoms with Crippen LogP contribution in [-0.4, -0.2) is 53.9 Å². The monoisotopic (exact) mass is 538 g/mol. The number of hydrogen-bond acceptors (Lipinski definition) is 5. The summed E-state index contributed by atoms with van der Waals surface area (Å²) < 4.78 is 1.85. The van der Waals surface area contributed by atoms with Crippen molar-refractivity contribution < 1.29 is 9.59 Å². The van der Waals surface area contributed by atoms with Crippen LogP contribution in [0.15, 0.2) is 30.6 Å². The van der Waals surface area contributed by atoms with Crippen molar-refractivity contribution in [3.05, 3.63) is 74.5 Å². The highest BCUT2D eigenvalue weighted by Gasteiger charge is 2.41. The van der Waals surface area contributed by atoms with Gasteiger partial charge in [0.1, 0.15) is 5.69 Å². The molecule has 1 unspecified atom stereocenters. The number of hydrogen-bond donors (Lipinski definition) is 0. The summed E-state index contributed by atoms with van der Waals surface area (Å²) in [7, 11) is 0. The van der Waals surface area contributed by atoms with E-state index in [9.17, 15) is 9.59 Å². The van der Waals surface area contributed by atoms with Gasteiger partial charge < -0.3 is 9.80 Å². The van der Waals surface area contributed by atoms with E-state index >= 15 is 0 Å². The lowest BCUT2D eigenvalue weighted by atomic mass is 9.97. The number of rotatable bonds is 4. The predicted octanol–water partition coefficient (Wildman–Crippen LogP) is 5.22. The number of halogens is 2. The van der Waals surface area contributed by atoms with Gasteiger partial charge in [-0.3, -0.25) is 24.2 Å². The van der Waals surface area contributed by atoms with Gasteiger partial charge in [0.25, 0.3) is 11.8 Å². The smallest absolute Gasteiger partial charge is 0.273 e. The zero-order valence-corrected chi connectivity index (χ0v) is 22.5. The normalized spacial score (nSPS) is 22.0. The second kappa shape index (κ2) is 9.10. The van der Waals surface area contributed by atoms with E-state index in [1.165, 1.54) is 12.8 Å². The Kier molecular flexibility index (Phi) is 5.99. The number of amides is 2. The molecule has 0 N–H and O–H groups in total. The van der Waals surface area contributed by atoms with Gasteiger partial charge in [0.15, 0.2) is 0 Å². The van der Waals surface area contributed by atoms with Gasteiger partial charge in [-0.05, 0) is 51.8 Å². The zero-order chi connectivity index (χ0) is 26.0. The molecule has 1 saturated carbocycles. The van der Waals surface area contributed by atoms with E-state index in [4.69, 9.17) is 28.3 Å². The summed E-state index contributed by atoms with van der Waals surface area (Å²) in [5.41, 5.74) is 4.52. The second-order valence-corrected chi connectivity index (χ2v) is 11.3. The van der Waals surface area contributed by atoms with Crippen LogP contribution in [0, 0.1) is 0 Å². The molecule has 3 aliphatic rings. The fourth-order valence-corrected chi connectivity index (χ4v) is 5.70. The van der Waals surface area contributed by atoms with Crippen LogP contribution in [0.2, 0.25) is 10.0 Å². The van der Waals surface area contributed by atoms with Crippen LogP contribution in [0.4, 0.5) is 0 Å². The average Bonchev–Trinajstić information content (AvgIpc) is 3.67. The number of aromatic nitrogens is 4. The maximum Gasteiger partial charge on any atom is 0.273 e. The Labute approximate surface area is 225 Å². The second-order valence-electron chi connectivity index (χ2n) is 10.5. The standard InChI is InChI=1S/C27H28Cl2N6O2/c1-14-8-22-19(13-33(14)26(36)18-6-7-20(28)21(29)9-18)25-27(37)34(12-15(2)35(25)32-22)16(3)23-10-31-24(11-30-23)17-4-5-17/h6-7,9-11,14-17H,4-5,8,12-13H2,1-3H3/t14-,15-,16?/m1/s1. The fraction of sp³-hybridized carbons (Fsp3) is 0.444. The quantitative estimate of drug-likeness (QED) is 0.454. The van der Waals surface area contributed by atoms with Crippen molar-refractivity contribution in [3.8, 4) is 0 Å². The Hall–Kier alpha value is -2.97. The summed E-state index contributed by atoms with van der Waals surface area (Å²) in [5, 5.41) is 5.57. The Morgan fingerprint density at radius 3 is 2.54 bits per heavy atom. The summed E-state index contributed by atoms with van der Waals surface area (Å²) in [4.78, 5) is 40.2. The van der Waals surface area contributed by atoms with Crippen molar-refractivity contribution in [2.45, 2.75) is 70.6 Å². The molecule has 2 amide bonds. The Morgan fingerprint density at radius 2 is 1.86 bits per heavy atom. The lowest BCUT2D eigenvalue weighted by molar-refractivity contribution is 0.0570. The fourth-order valence-electron chi connectivity index (χ4n) is 5.40. The van der Waals surface area contributed by atoms with Gasteiger partial charge in [0, 0.05) is 42.2 Å². The molecule has 6 rings (SSSR count). The van der Waals surface area contributed by atoms with Crippen molar-refractivity contribution in [2.75, 3.05) is 6.54 Å². The zero-order valence-electron chi connectivity index (χ0n) is 21.0. The molecule has 0 radical (unpaired) electrons. The van der Waals surface area contributed by atoms with E-state index in [0.29, 0.717) is 46.7 Å². The lowest BCUT2D eigenvalue weighted by Crippen LogP contribution is -2.45. The molecule has 3 aromatic rings. The Morgan fingerprint density at radius 1 is 1.08 bits per heavy atom. The largest absolute Gasteiger partial charge is 0.331 e. The first-order valence-electron chi connectivity index (χ1n) is 12.7. The molecule has 8 nitrogen and oxygen atoms in total. The third kappa shape index (κ3) is 4.20. The van der Waals surface area contributed by atoms with E-state index in [-0.39, 0.29) is 29.9 Å². The topological polar surface area (TPSA) is 84.2 Å². The van der Waals surface area contributed by atoms with Crippen molar-refractivity contribution in [1.82, 2.24) is 29.5 Å². The molecule has 1 fully saturated rings. The van der Waals surface area contributed by atoms with Gasteiger partial charge in [-0.2, -0.15) is 5.10 Å². The molecule has 192 valence electrons. The highest BCUT2D eigenvalue weighted by atomic mass is 35.5. The maximum absolute atomic E-state index is 13.9. The van der Waals surface area contributed by atoms with Crippen LogP contribution in [0.1, 0.15) is 95.1 Å². The average molecular weight is 539 g/mol. The van der Waals surface area contributed by atoms with Gasteiger partial charge in [-0.1, -0.05) is 23.2 Å². The molecule has 37 heavy (non-hydrogen) atoms. The summed E-state index contributed by atoms with van der Waals surface area (Å²) in [6.45, 7) is 6.90. The summed E-state index contributed by atoms with van der Waals surface area (Å²) in [6, 6.07) is 4.59. The molecule has 0 saturated heterocycles. The number of nitrogens with zero attached hydrogens (tertiary/aromatic N) is 6. The predicted molar refractivity (Wildman–Crippen MR) is 140 cm³/mol. The number of carbonyl (C=O) groups is 2. The van der Waals surface area contributed by atoms with Crippen LogP contribution >= 0.6 is 23.2 Å². The molecule has 10 heteroatoms.